The van der Waals surface area contributed by atoms with Gasteiger partial charge in [0.25, 0.3) is 5.69 Å². The van der Waals surface area contributed by atoms with Gasteiger partial charge in [-0.05, 0) is 23.8 Å². The molecule has 1 aliphatic heterocycles. The number of nitriles is 1. The summed E-state index contributed by atoms with van der Waals surface area (Å²) in [5.41, 5.74) is 2.65. The molecule has 0 aliphatic carbocycles. The Balaban J connectivity index is 1.65. The van der Waals surface area contributed by atoms with Crippen LogP contribution >= 0.6 is 0 Å². The van der Waals surface area contributed by atoms with Crippen LogP contribution in [0, 0.1) is 21.4 Å². The molecule has 0 unspecified atom stereocenters. The number of hydrogen-bond donors (Lipinski definition) is 0. The van der Waals surface area contributed by atoms with Crippen molar-refractivity contribution in [2.45, 2.75) is 6.61 Å². The Morgan fingerprint density at radius 1 is 1.26 bits per heavy atom. The summed E-state index contributed by atoms with van der Waals surface area (Å²) in [6.07, 6.45) is 1.44. The molecule has 2 aromatic rings. The molecule has 138 valence electrons. The number of hydrogen-bond acceptors (Lipinski definition) is 7. The van der Waals surface area contributed by atoms with Crippen LogP contribution in [0.3, 0.4) is 0 Å². The van der Waals surface area contributed by atoms with E-state index >= 15 is 0 Å². The molecule has 1 heterocycles. The molecule has 0 N–H and O–H groups in total. The van der Waals surface area contributed by atoms with Crippen LogP contribution in [0.1, 0.15) is 16.7 Å². The molecule has 27 heavy (non-hydrogen) atoms. The first-order valence-corrected chi connectivity index (χ1v) is 8.43. The van der Waals surface area contributed by atoms with Crippen LogP contribution in [-0.2, 0) is 16.2 Å². The van der Waals surface area contributed by atoms with Crippen molar-refractivity contribution in [3.63, 3.8) is 0 Å². The molecule has 2 aromatic carbocycles. The maximum Gasteiger partial charge on any atom is 0.293 e. The zero-order valence-corrected chi connectivity index (χ0v) is 14.6. The third-order valence-corrected chi connectivity index (χ3v) is 4.14. The zero-order valence-electron chi connectivity index (χ0n) is 14.6. The maximum absolute atomic E-state index is 11.4. The number of anilines is 1. The Morgan fingerprint density at radius 3 is 2.67 bits per heavy atom. The van der Waals surface area contributed by atoms with E-state index in [9.17, 15) is 10.1 Å². The first-order chi connectivity index (χ1) is 13.2. The van der Waals surface area contributed by atoms with E-state index in [1.807, 2.05) is 11.0 Å². The molecule has 1 fully saturated rings. The lowest BCUT2D eigenvalue weighted by Gasteiger charge is -2.28. The second-order valence-corrected chi connectivity index (χ2v) is 5.92. The Kier molecular flexibility index (Phi) is 5.97. The van der Waals surface area contributed by atoms with E-state index in [1.165, 1.54) is 12.3 Å². The van der Waals surface area contributed by atoms with Crippen molar-refractivity contribution in [2.24, 2.45) is 5.16 Å². The van der Waals surface area contributed by atoms with Gasteiger partial charge < -0.3 is 14.5 Å². The van der Waals surface area contributed by atoms with Crippen LogP contribution in [0.4, 0.5) is 11.4 Å². The molecule has 1 aliphatic rings. The lowest BCUT2D eigenvalue weighted by atomic mass is 10.1. The Labute approximate surface area is 156 Å². The predicted molar refractivity (Wildman–Crippen MR) is 99.7 cm³/mol. The van der Waals surface area contributed by atoms with Gasteiger partial charge in [-0.15, -0.1) is 0 Å². The van der Waals surface area contributed by atoms with Gasteiger partial charge in [-0.25, -0.2) is 0 Å². The minimum absolute atomic E-state index is 0.0351. The van der Waals surface area contributed by atoms with Crippen LogP contribution in [0.25, 0.3) is 0 Å². The van der Waals surface area contributed by atoms with Crippen molar-refractivity contribution in [2.75, 3.05) is 31.2 Å². The summed E-state index contributed by atoms with van der Waals surface area (Å²) in [6, 6.07) is 14.0. The zero-order chi connectivity index (χ0) is 19.1. The van der Waals surface area contributed by atoms with Gasteiger partial charge in [0.1, 0.15) is 12.3 Å². The second-order valence-electron chi connectivity index (χ2n) is 5.92. The fraction of sp³-hybridized carbons (Fsp3) is 0.263. The Morgan fingerprint density at radius 2 is 2.00 bits per heavy atom. The van der Waals surface area contributed by atoms with E-state index in [-0.39, 0.29) is 17.2 Å². The SMILES string of the molecule is N#Cc1ccc(CO/N=C\c2ccc(N3CCOCC3)c([N+](=O)[O-])c2)cc1. The number of nitrogens with zero attached hydrogens (tertiary/aromatic N) is 4. The molecule has 0 atom stereocenters. The van der Waals surface area contributed by atoms with Gasteiger partial charge in [-0.2, -0.15) is 5.26 Å². The number of benzene rings is 2. The van der Waals surface area contributed by atoms with Crippen molar-refractivity contribution >= 4 is 17.6 Å². The van der Waals surface area contributed by atoms with Gasteiger partial charge in [0.15, 0.2) is 0 Å². The summed E-state index contributed by atoms with van der Waals surface area (Å²) < 4.78 is 5.30. The molecule has 0 amide bonds. The van der Waals surface area contributed by atoms with Crippen LogP contribution in [-0.4, -0.2) is 37.4 Å². The summed E-state index contributed by atoms with van der Waals surface area (Å²) in [5.74, 6) is 0. The number of morpholine rings is 1. The van der Waals surface area contributed by atoms with Crippen molar-refractivity contribution in [1.82, 2.24) is 0 Å². The maximum atomic E-state index is 11.4. The van der Waals surface area contributed by atoms with E-state index in [1.54, 1.807) is 36.4 Å². The summed E-state index contributed by atoms with van der Waals surface area (Å²) in [4.78, 5) is 18.2. The lowest BCUT2D eigenvalue weighted by molar-refractivity contribution is -0.384. The Bertz CT molecular complexity index is 868. The second kappa shape index (κ2) is 8.78. The number of rotatable bonds is 6. The lowest BCUT2D eigenvalue weighted by Crippen LogP contribution is -2.36. The quantitative estimate of drug-likeness (QED) is 0.443. The minimum Gasteiger partial charge on any atom is -0.391 e. The summed E-state index contributed by atoms with van der Waals surface area (Å²) >= 11 is 0. The van der Waals surface area contributed by atoms with Crippen molar-refractivity contribution in [3.05, 3.63) is 69.3 Å². The summed E-state index contributed by atoms with van der Waals surface area (Å²) in [5, 5.41) is 24.1. The van der Waals surface area contributed by atoms with E-state index in [2.05, 4.69) is 5.16 Å². The number of nitro benzene ring substituents is 1. The largest absolute Gasteiger partial charge is 0.391 e. The van der Waals surface area contributed by atoms with Crippen molar-refractivity contribution in [1.29, 1.82) is 5.26 Å². The fourth-order valence-electron chi connectivity index (χ4n) is 2.72. The Hall–Kier alpha value is -3.44. The highest BCUT2D eigenvalue weighted by Crippen LogP contribution is 2.29. The predicted octanol–water partition coefficient (Wildman–Crippen LogP) is 2.85. The van der Waals surface area contributed by atoms with Crippen LogP contribution in [0.2, 0.25) is 0 Å². The van der Waals surface area contributed by atoms with E-state index < -0.39 is 0 Å². The first kappa shape index (κ1) is 18.4. The number of ether oxygens (including phenoxy) is 1. The molecule has 0 aromatic heterocycles. The van der Waals surface area contributed by atoms with E-state index in [0.717, 1.165) is 5.56 Å². The molecule has 1 saturated heterocycles. The molecule has 8 nitrogen and oxygen atoms in total. The average Bonchev–Trinajstić information content (AvgIpc) is 2.72. The summed E-state index contributed by atoms with van der Waals surface area (Å²) in [7, 11) is 0. The first-order valence-electron chi connectivity index (χ1n) is 8.43. The molecule has 0 radical (unpaired) electrons. The smallest absolute Gasteiger partial charge is 0.293 e. The molecular weight excluding hydrogens is 348 g/mol. The van der Waals surface area contributed by atoms with E-state index in [0.29, 0.717) is 43.1 Å². The van der Waals surface area contributed by atoms with Crippen LogP contribution in [0.15, 0.2) is 47.6 Å². The van der Waals surface area contributed by atoms with Gasteiger partial charge in [0.2, 0.25) is 0 Å². The van der Waals surface area contributed by atoms with Gasteiger partial charge in [0.05, 0.1) is 36.0 Å². The molecule has 0 spiro atoms. The van der Waals surface area contributed by atoms with Crippen LogP contribution in [0.5, 0.6) is 0 Å². The van der Waals surface area contributed by atoms with E-state index in [4.69, 9.17) is 14.8 Å². The monoisotopic (exact) mass is 366 g/mol. The highest BCUT2D eigenvalue weighted by Gasteiger charge is 2.21. The fourth-order valence-corrected chi connectivity index (χ4v) is 2.72. The topological polar surface area (TPSA) is 101 Å². The van der Waals surface area contributed by atoms with Crippen molar-refractivity contribution in [3.8, 4) is 6.07 Å². The molecule has 8 heteroatoms. The molecule has 3 rings (SSSR count). The average molecular weight is 366 g/mol. The van der Waals surface area contributed by atoms with Crippen molar-refractivity contribution < 1.29 is 14.5 Å². The van der Waals surface area contributed by atoms with Gasteiger partial charge >= 0.3 is 0 Å². The van der Waals surface area contributed by atoms with Gasteiger partial charge in [-0.1, -0.05) is 23.4 Å². The molecular formula is C19H18N4O4. The van der Waals surface area contributed by atoms with Gasteiger partial charge in [0, 0.05) is 24.7 Å². The standard InChI is InChI=1S/C19H18N4O4/c20-12-15-1-3-16(4-2-15)14-27-21-13-17-5-6-18(19(11-17)23(24)25)22-7-9-26-10-8-22/h1-6,11,13H,7-10,14H2/b21-13-. The van der Waals surface area contributed by atoms with Gasteiger partial charge in [-0.3, -0.25) is 10.1 Å². The van der Waals surface area contributed by atoms with Crippen LogP contribution < -0.4 is 4.90 Å². The summed E-state index contributed by atoms with van der Waals surface area (Å²) in [6.45, 7) is 2.62. The minimum atomic E-state index is -0.389. The number of nitro groups is 1. The highest BCUT2D eigenvalue weighted by atomic mass is 16.6. The highest BCUT2D eigenvalue weighted by molar-refractivity contribution is 5.82. The molecule has 0 bridgehead atoms. The third kappa shape index (κ3) is 4.80. The normalized spacial score (nSPS) is 14.1. The third-order valence-electron chi connectivity index (χ3n) is 4.14. The molecule has 0 saturated carbocycles. The number of oxime groups is 1.